The van der Waals surface area contributed by atoms with Gasteiger partial charge in [-0.1, -0.05) is 0 Å². The zero-order valence-electron chi connectivity index (χ0n) is 9.60. The molecule has 0 aromatic rings. The van der Waals surface area contributed by atoms with Gasteiger partial charge in [0.2, 0.25) is 11.8 Å². The SMILES string of the molecule is COCC(O)CNC1CCC(=O)N(C)C1=O. The summed E-state index contributed by atoms with van der Waals surface area (Å²) in [7, 11) is 2.98. The van der Waals surface area contributed by atoms with Crippen molar-refractivity contribution in [3.05, 3.63) is 0 Å². The second-order valence-electron chi connectivity index (χ2n) is 3.90. The smallest absolute Gasteiger partial charge is 0.246 e. The van der Waals surface area contributed by atoms with Gasteiger partial charge in [0.05, 0.1) is 18.8 Å². The van der Waals surface area contributed by atoms with E-state index in [0.717, 1.165) is 4.90 Å². The Morgan fingerprint density at radius 3 is 2.94 bits per heavy atom. The molecule has 1 saturated heterocycles. The molecule has 6 heteroatoms. The zero-order chi connectivity index (χ0) is 12.1. The first kappa shape index (κ1) is 13.1. The van der Waals surface area contributed by atoms with Crippen LogP contribution >= 0.6 is 0 Å². The minimum absolute atomic E-state index is 0.152. The Hall–Kier alpha value is -0.980. The minimum atomic E-state index is -0.638. The van der Waals surface area contributed by atoms with Crippen molar-refractivity contribution >= 4 is 11.8 Å². The second kappa shape index (κ2) is 5.93. The number of aliphatic hydroxyl groups excluding tert-OH is 1. The second-order valence-corrected chi connectivity index (χ2v) is 3.90. The third kappa shape index (κ3) is 3.26. The number of piperidine rings is 1. The number of carbonyl (C=O) groups is 2. The summed E-state index contributed by atoms with van der Waals surface area (Å²) in [5.74, 6) is -0.388. The van der Waals surface area contributed by atoms with Crippen molar-refractivity contribution in [1.29, 1.82) is 0 Å². The Labute approximate surface area is 94.6 Å². The molecular weight excluding hydrogens is 212 g/mol. The van der Waals surface area contributed by atoms with Crippen molar-refractivity contribution in [3.63, 3.8) is 0 Å². The van der Waals surface area contributed by atoms with E-state index in [9.17, 15) is 14.7 Å². The third-order valence-corrected chi connectivity index (χ3v) is 2.61. The molecule has 2 N–H and O–H groups in total. The van der Waals surface area contributed by atoms with Crippen LogP contribution in [-0.2, 0) is 14.3 Å². The van der Waals surface area contributed by atoms with Gasteiger partial charge in [0.15, 0.2) is 0 Å². The number of aliphatic hydroxyl groups is 1. The quantitative estimate of drug-likeness (QED) is 0.576. The van der Waals surface area contributed by atoms with Crippen LogP contribution < -0.4 is 5.32 Å². The largest absolute Gasteiger partial charge is 0.389 e. The van der Waals surface area contributed by atoms with E-state index in [1.807, 2.05) is 0 Å². The van der Waals surface area contributed by atoms with Crippen LogP contribution in [0.2, 0.25) is 0 Å². The number of hydrogen-bond donors (Lipinski definition) is 2. The highest BCUT2D eigenvalue weighted by atomic mass is 16.5. The molecule has 1 rings (SSSR count). The van der Waals surface area contributed by atoms with E-state index in [2.05, 4.69) is 5.32 Å². The van der Waals surface area contributed by atoms with Gasteiger partial charge < -0.3 is 15.2 Å². The monoisotopic (exact) mass is 230 g/mol. The van der Waals surface area contributed by atoms with Crippen LogP contribution in [-0.4, -0.2) is 61.3 Å². The number of imide groups is 1. The first-order valence-electron chi connectivity index (χ1n) is 5.27. The lowest BCUT2D eigenvalue weighted by Crippen LogP contribution is -2.53. The molecule has 0 radical (unpaired) electrons. The number of nitrogens with zero attached hydrogens (tertiary/aromatic N) is 1. The Bertz CT molecular complexity index is 270. The fraction of sp³-hybridized carbons (Fsp3) is 0.800. The molecule has 0 saturated carbocycles. The van der Waals surface area contributed by atoms with Gasteiger partial charge in [-0.05, 0) is 6.42 Å². The van der Waals surface area contributed by atoms with E-state index in [-0.39, 0.29) is 31.0 Å². The Kier molecular flexibility index (Phi) is 4.85. The number of hydrogen-bond acceptors (Lipinski definition) is 5. The predicted molar refractivity (Wildman–Crippen MR) is 56.7 cm³/mol. The molecule has 1 fully saturated rings. The van der Waals surface area contributed by atoms with Crippen LogP contribution in [0.25, 0.3) is 0 Å². The maximum Gasteiger partial charge on any atom is 0.246 e. The Morgan fingerprint density at radius 2 is 2.31 bits per heavy atom. The van der Waals surface area contributed by atoms with Crippen LogP contribution in [0.4, 0.5) is 0 Å². The average Bonchev–Trinajstić information content (AvgIpc) is 2.25. The van der Waals surface area contributed by atoms with E-state index in [0.29, 0.717) is 12.8 Å². The highest BCUT2D eigenvalue weighted by Gasteiger charge is 2.31. The molecule has 0 aliphatic carbocycles. The van der Waals surface area contributed by atoms with Gasteiger partial charge >= 0.3 is 0 Å². The lowest BCUT2D eigenvalue weighted by atomic mass is 10.0. The highest BCUT2D eigenvalue weighted by Crippen LogP contribution is 2.11. The normalized spacial score (nSPS) is 23.7. The number of carbonyl (C=O) groups excluding carboxylic acids is 2. The van der Waals surface area contributed by atoms with Crippen molar-refractivity contribution in [2.24, 2.45) is 0 Å². The zero-order valence-corrected chi connectivity index (χ0v) is 9.60. The summed E-state index contributed by atoms with van der Waals surface area (Å²) in [5, 5.41) is 12.3. The fourth-order valence-corrected chi connectivity index (χ4v) is 1.63. The van der Waals surface area contributed by atoms with Crippen LogP contribution in [0.15, 0.2) is 0 Å². The minimum Gasteiger partial charge on any atom is -0.389 e. The summed E-state index contributed by atoms with van der Waals surface area (Å²) >= 11 is 0. The maximum atomic E-state index is 11.6. The van der Waals surface area contributed by atoms with E-state index >= 15 is 0 Å². The standard InChI is InChI=1S/C10H18N2O4/c1-12-9(14)4-3-8(10(12)15)11-5-7(13)6-16-2/h7-8,11,13H,3-6H2,1-2H3. The van der Waals surface area contributed by atoms with Crippen LogP contribution in [0, 0.1) is 0 Å². The first-order valence-corrected chi connectivity index (χ1v) is 5.27. The van der Waals surface area contributed by atoms with Crippen LogP contribution in [0.5, 0.6) is 0 Å². The number of methoxy groups -OCH3 is 1. The van der Waals surface area contributed by atoms with E-state index in [4.69, 9.17) is 4.74 Å². The molecule has 2 unspecified atom stereocenters. The molecule has 2 amide bonds. The summed E-state index contributed by atoms with van der Waals surface area (Å²) in [6.45, 7) is 0.509. The van der Waals surface area contributed by atoms with Crippen molar-refractivity contribution in [3.8, 4) is 0 Å². The number of nitrogens with one attached hydrogen (secondary N) is 1. The van der Waals surface area contributed by atoms with Crippen molar-refractivity contribution in [1.82, 2.24) is 10.2 Å². The number of ether oxygens (including phenoxy) is 1. The van der Waals surface area contributed by atoms with Crippen molar-refractivity contribution < 1.29 is 19.4 Å². The van der Waals surface area contributed by atoms with E-state index in [1.54, 1.807) is 0 Å². The van der Waals surface area contributed by atoms with Crippen molar-refractivity contribution in [2.45, 2.75) is 25.0 Å². The third-order valence-electron chi connectivity index (χ3n) is 2.61. The molecule has 16 heavy (non-hydrogen) atoms. The molecular formula is C10H18N2O4. The topological polar surface area (TPSA) is 78.9 Å². The van der Waals surface area contributed by atoms with Gasteiger partial charge in [0.25, 0.3) is 0 Å². The first-order chi connectivity index (χ1) is 7.56. The Morgan fingerprint density at radius 1 is 1.62 bits per heavy atom. The van der Waals surface area contributed by atoms with E-state index in [1.165, 1.54) is 14.2 Å². The van der Waals surface area contributed by atoms with Gasteiger partial charge in [-0.2, -0.15) is 0 Å². The summed E-state index contributed by atoms with van der Waals surface area (Å²) in [5.41, 5.74) is 0. The summed E-state index contributed by atoms with van der Waals surface area (Å²) < 4.78 is 4.77. The van der Waals surface area contributed by atoms with Gasteiger partial charge in [0, 0.05) is 27.1 Å². The summed E-state index contributed by atoms with van der Waals surface area (Å²) in [6, 6.07) is -0.380. The average molecular weight is 230 g/mol. The van der Waals surface area contributed by atoms with Crippen LogP contribution in [0.3, 0.4) is 0 Å². The van der Waals surface area contributed by atoms with Crippen LogP contribution in [0.1, 0.15) is 12.8 Å². The maximum absolute atomic E-state index is 11.6. The molecule has 0 bridgehead atoms. The van der Waals surface area contributed by atoms with Crippen molar-refractivity contribution in [2.75, 3.05) is 27.3 Å². The molecule has 6 nitrogen and oxygen atoms in total. The lowest BCUT2D eigenvalue weighted by molar-refractivity contribution is -0.148. The molecule has 0 aromatic heterocycles. The van der Waals surface area contributed by atoms with E-state index < -0.39 is 6.10 Å². The molecule has 92 valence electrons. The fourth-order valence-electron chi connectivity index (χ4n) is 1.63. The number of likely N-dealkylation sites (N-methyl/N-ethyl adjacent to an activating group) is 1. The Balaban J connectivity index is 2.37. The summed E-state index contributed by atoms with van der Waals surface area (Å²) in [6.07, 6.45) is 0.211. The number of rotatable bonds is 5. The van der Waals surface area contributed by atoms with Gasteiger partial charge in [0.1, 0.15) is 0 Å². The highest BCUT2D eigenvalue weighted by molar-refractivity contribution is 6.00. The molecule has 0 spiro atoms. The van der Waals surface area contributed by atoms with Gasteiger partial charge in [-0.3, -0.25) is 14.5 Å². The number of amides is 2. The summed E-state index contributed by atoms with van der Waals surface area (Å²) in [4.78, 5) is 24.0. The number of likely N-dealkylation sites (tertiary alicyclic amines) is 1. The van der Waals surface area contributed by atoms with Gasteiger partial charge in [-0.25, -0.2) is 0 Å². The molecule has 1 aliphatic rings. The lowest BCUT2D eigenvalue weighted by Gasteiger charge is -2.28. The molecule has 0 aromatic carbocycles. The molecule has 2 atom stereocenters. The predicted octanol–water partition coefficient (Wildman–Crippen LogP) is -1.27. The molecule has 1 aliphatic heterocycles. The molecule has 1 heterocycles. The van der Waals surface area contributed by atoms with Gasteiger partial charge in [-0.15, -0.1) is 0 Å².